The molecule has 1 aromatic carbocycles. The maximum absolute atomic E-state index is 11.8. The van der Waals surface area contributed by atoms with Crippen LogP contribution in [-0.4, -0.2) is 48.7 Å². The summed E-state index contributed by atoms with van der Waals surface area (Å²) in [4.78, 5) is -0.0136. The Hall–Kier alpha value is -0.990. The molecule has 1 aromatic rings. The third-order valence-electron chi connectivity index (χ3n) is 2.73. The van der Waals surface area contributed by atoms with E-state index in [0.717, 1.165) is 5.56 Å². The minimum atomic E-state index is -3.97. The van der Waals surface area contributed by atoms with Gasteiger partial charge in [-0.3, -0.25) is 4.18 Å². The lowest BCUT2D eigenvalue weighted by Gasteiger charge is -2.18. The summed E-state index contributed by atoms with van der Waals surface area (Å²) in [6.07, 6.45) is -3.49. The molecule has 3 N–H and O–H groups in total. The van der Waals surface area contributed by atoms with E-state index < -0.39 is 35.0 Å². The van der Waals surface area contributed by atoms with Crippen LogP contribution in [0, 0.1) is 6.92 Å². The first kappa shape index (κ1) is 17.1. The summed E-state index contributed by atoms with van der Waals surface area (Å²) in [6, 6.07) is 6.08. The van der Waals surface area contributed by atoms with Crippen LogP contribution in [0.1, 0.15) is 18.9 Å². The van der Waals surface area contributed by atoms with Gasteiger partial charge in [0.05, 0.1) is 23.7 Å². The fourth-order valence-corrected chi connectivity index (χ4v) is 2.47. The van der Waals surface area contributed by atoms with Gasteiger partial charge in [0, 0.05) is 6.42 Å². The van der Waals surface area contributed by atoms with E-state index in [2.05, 4.69) is 0 Å². The highest BCUT2D eigenvalue weighted by Crippen LogP contribution is 2.14. The van der Waals surface area contributed by atoms with Crippen LogP contribution in [0.25, 0.3) is 0 Å². The fourth-order valence-electron chi connectivity index (χ4n) is 1.55. The predicted molar refractivity (Wildman–Crippen MR) is 72.6 cm³/mol. The molecule has 1 rings (SSSR count). The zero-order chi connectivity index (χ0) is 15.3. The summed E-state index contributed by atoms with van der Waals surface area (Å²) < 4.78 is 28.4. The maximum Gasteiger partial charge on any atom is 0.297 e. The minimum absolute atomic E-state index is 0.0136. The Bertz CT molecular complexity index is 508. The van der Waals surface area contributed by atoms with Gasteiger partial charge in [0.15, 0.2) is 0 Å². The van der Waals surface area contributed by atoms with E-state index in [1.165, 1.54) is 19.1 Å². The van der Waals surface area contributed by atoms with Crippen LogP contribution in [0.5, 0.6) is 0 Å². The van der Waals surface area contributed by atoms with Gasteiger partial charge in [0.25, 0.3) is 10.1 Å². The summed E-state index contributed by atoms with van der Waals surface area (Å²) in [5, 5.41) is 28.2. The molecule has 3 atom stereocenters. The third-order valence-corrected chi connectivity index (χ3v) is 4.03. The Labute approximate surface area is 118 Å². The van der Waals surface area contributed by atoms with E-state index in [-0.39, 0.29) is 11.3 Å². The van der Waals surface area contributed by atoms with Crippen LogP contribution in [0.15, 0.2) is 29.2 Å². The van der Waals surface area contributed by atoms with Gasteiger partial charge in [-0.2, -0.15) is 8.42 Å². The van der Waals surface area contributed by atoms with E-state index in [9.17, 15) is 18.6 Å². The van der Waals surface area contributed by atoms with Crippen molar-refractivity contribution in [2.75, 3.05) is 6.61 Å². The molecule has 114 valence electrons. The Morgan fingerprint density at radius 1 is 1.10 bits per heavy atom. The maximum atomic E-state index is 11.8. The second-order valence-corrected chi connectivity index (χ2v) is 6.39. The molecule has 0 aromatic heterocycles. The molecule has 20 heavy (non-hydrogen) atoms. The highest BCUT2D eigenvalue weighted by atomic mass is 32.2. The van der Waals surface area contributed by atoms with Gasteiger partial charge in [-0.1, -0.05) is 17.7 Å². The largest absolute Gasteiger partial charge is 0.393 e. The second-order valence-electron chi connectivity index (χ2n) is 4.77. The molecule has 0 aliphatic carbocycles. The van der Waals surface area contributed by atoms with Crippen molar-refractivity contribution in [3.8, 4) is 0 Å². The van der Waals surface area contributed by atoms with Crippen LogP contribution in [0.2, 0.25) is 0 Å². The summed E-state index contributed by atoms with van der Waals surface area (Å²) in [6.45, 7) is 2.72. The Balaban J connectivity index is 2.61. The number of benzene rings is 1. The number of hydrogen-bond donors (Lipinski definition) is 3. The zero-order valence-electron chi connectivity index (χ0n) is 11.4. The lowest BCUT2D eigenvalue weighted by molar-refractivity contribution is -0.0278. The number of aliphatic hydroxyl groups excluding tert-OH is 3. The van der Waals surface area contributed by atoms with Crippen LogP contribution in [0.3, 0.4) is 0 Å². The molecular formula is C13H20O6S. The van der Waals surface area contributed by atoms with Crippen LogP contribution in [-0.2, 0) is 14.3 Å². The van der Waals surface area contributed by atoms with E-state index in [1.807, 2.05) is 6.92 Å². The Morgan fingerprint density at radius 3 is 2.15 bits per heavy atom. The fraction of sp³-hybridized carbons (Fsp3) is 0.538. The smallest absolute Gasteiger partial charge is 0.297 e. The quantitative estimate of drug-likeness (QED) is 0.621. The average Bonchev–Trinajstić information content (AvgIpc) is 2.35. The van der Waals surface area contributed by atoms with Crippen molar-refractivity contribution in [1.29, 1.82) is 0 Å². The molecule has 0 spiro atoms. The molecular weight excluding hydrogens is 284 g/mol. The number of aryl methyl sites for hydroxylation is 1. The van der Waals surface area contributed by atoms with Crippen LogP contribution < -0.4 is 0 Å². The minimum Gasteiger partial charge on any atom is -0.393 e. The lowest BCUT2D eigenvalue weighted by Crippen LogP contribution is -2.33. The standard InChI is InChI=1S/C13H20O6S/c1-9-3-5-11(6-4-9)20(17,18)19-8-13(16)12(15)7-10(2)14/h3-6,10,12-16H,7-8H2,1-2H3/t10-,12-,13-/m1/s1. The topological polar surface area (TPSA) is 104 Å². The van der Waals surface area contributed by atoms with Crippen LogP contribution in [0.4, 0.5) is 0 Å². The monoisotopic (exact) mass is 304 g/mol. The van der Waals surface area contributed by atoms with E-state index in [1.54, 1.807) is 12.1 Å². The molecule has 0 amide bonds. The van der Waals surface area contributed by atoms with Gasteiger partial charge in [0.1, 0.15) is 6.10 Å². The SMILES string of the molecule is Cc1ccc(S(=O)(=O)OC[C@@H](O)[C@H](O)C[C@@H](C)O)cc1. The predicted octanol–water partition coefficient (Wildman–Crippen LogP) is 0.193. The van der Waals surface area contributed by atoms with Gasteiger partial charge >= 0.3 is 0 Å². The molecule has 6 nitrogen and oxygen atoms in total. The Kier molecular flexibility index (Phi) is 6.09. The summed E-state index contributed by atoms with van der Waals surface area (Å²) in [5.74, 6) is 0. The van der Waals surface area contributed by atoms with Gasteiger partial charge in [-0.25, -0.2) is 0 Å². The molecule has 0 saturated heterocycles. The van der Waals surface area contributed by atoms with E-state index in [0.29, 0.717) is 0 Å². The van der Waals surface area contributed by atoms with E-state index >= 15 is 0 Å². The molecule has 0 aliphatic heterocycles. The van der Waals surface area contributed by atoms with Crippen molar-refractivity contribution >= 4 is 10.1 Å². The summed E-state index contributed by atoms with van der Waals surface area (Å²) in [7, 11) is -3.97. The zero-order valence-corrected chi connectivity index (χ0v) is 12.2. The highest BCUT2D eigenvalue weighted by Gasteiger charge is 2.22. The summed E-state index contributed by atoms with van der Waals surface area (Å²) in [5.41, 5.74) is 0.913. The average molecular weight is 304 g/mol. The molecule has 0 fully saturated rings. The molecule has 0 saturated carbocycles. The first-order valence-electron chi connectivity index (χ1n) is 6.22. The first-order chi connectivity index (χ1) is 9.22. The third kappa shape index (κ3) is 5.18. The Morgan fingerprint density at radius 2 is 1.65 bits per heavy atom. The van der Waals surface area contributed by atoms with Gasteiger partial charge in [-0.05, 0) is 26.0 Å². The van der Waals surface area contributed by atoms with Gasteiger partial charge in [-0.15, -0.1) is 0 Å². The number of rotatable bonds is 7. The molecule has 0 heterocycles. The van der Waals surface area contributed by atoms with Crippen molar-refractivity contribution in [2.24, 2.45) is 0 Å². The normalized spacial score (nSPS) is 16.6. The van der Waals surface area contributed by atoms with Crippen molar-refractivity contribution in [3.63, 3.8) is 0 Å². The van der Waals surface area contributed by atoms with Gasteiger partial charge in [0.2, 0.25) is 0 Å². The molecule has 0 radical (unpaired) electrons. The molecule has 0 bridgehead atoms. The van der Waals surface area contributed by atoms with Crippen molar-refractivity contribution in [2.45, 2.75) is 43.5 Å². The first-order valence-corrected chi connectivity index (χ1v) is 7.63. The molecule has 0 unspecified atom stereocenters. The highest BCUT2D eigenvalue weighted by molar-refractivity contribution is 7.86. The van der Waals surface area contributed by atoms with E-state index in [4.69, 9.17) is 9.29 Å². The number of aliphatic hydroxyl groups is 3. The van der Waals surface area contributed by atoms with Crippen molar-refractivity contribution < 1.29 is 27.9 Å². The van der Waals surface area contributed by atoms with Crippen LogP contribution >= 0.6 is 0 Å². The second kappa shape index (κ2) is 7.14. The lowest BCUT2D eigenvalue weighted by atomic mass is 10.1. The van der Waals surface area contributed by atoms with Gasteiger partial charge < -0.3 is 15.3 Å². The van der Waals surface area contributed by atoms with Crippen molar-refractivity contribution in [1.82, 2.24) is 0 Å². The van der Waals surface area contributed by atoms with Crippen molar-refractivity contribution in [3.05, 3.63) is 29.8 Å². The molecule has 7 heteroatoms. The number of hydrogen-bond acceptors (Lipinski definition) is 6. The molecule has 0 aliphatic rings. The summed E-state index contributed by atoms with van der Waals surface area (Å²) >= 11 is 0.